The normalized spacial score (nSPS) is 21.6. The van der Waals surface area contributed by atoms with Crippen molar-refractivity contribution in [3.63, 3.8) is 0 Å². The maximum absolute atomic E-state index is 12.1. The van der Waals surface area contributed by atoms with Gasteiger partial charge in [-0.25, -0.2) is 4.79 Å². The van der Waals surface area contributed by atoms with Crippen LogP contribution < -0.4 is 11.1 Å². The highest BCUT2D eigenvalue weighted by Gasteiger charge is 2.35. The molecular weight excluding hydrogens is 234 g/mol. The molecule has 0 radical (unpaired) electrons. The third kappa shape index (κ3) is 3.60. The van der Waals surface area contributed by atoms with Crippen molar-refractivity contribution in [2.45, 2.75) is 39.3 Å². The van der Waals surface area contributed by atoms with E-state index in [1.807, 2.05) is 20.8 Å². The minimum Gasteiger partial charge on any atom is -0.453 e. The number of carbonyl (C=O) groups excluding carboxylic acids is 2. The highest BCUT2D eigenvalue weighted by Crippen LogP contribution is 2.21. The number of nitrogens with one attached hydrogen (secondary N) is 1. The quantitative estimate of drug-likeness (QED) is 0.746. The molecule has 1 aliphatic rings. The summed E-state index contributed by atoms with van der Waals surface area (Å²) in [5, 5.41) is 2.70. The highest BCUT2D eigenvalue weighted by atomic mass is 16.5. The van der Waals surface area contributed by atoms with Gasteiger partial charge in [-0.1, -0.05) is 20.8 Å². The molecule has 2 atom stereocenters. The third-order valence-corrected chi connectivity index (χ3v) is 3.21. The van der Waals surface area contributed by atoms with Gasteiger partial charge in [0.25, 0.3) is 0 Å². The number of methoxy groups -OCH3 is 1. The second kappa shape index (κ2) is 5.56. The van der Waals surface area contributed by atoms with Crippen molar-refractivity contribution in [1.29, 1.82) is 0 Å². The van der Waals surface area contributed by atoms with Crippen molar-refractivity contribution in [3.05, 3.63) is 0 Å². The number of alkyl carbamates (subject to hydrolysis) is 1. The predicted molar refractivity (Wildman–Crippen MR) is 68.0 cm³/mol. The van der Waals surface area contributed by atoms with E-state index in [2.05, 4.69) is 10.1 Å². The van der Waals surface area contributed by atoms with Gasteiger partial charge in [-0.05, 0) is 11.8 Å². The highest BCUT2D eigenvalue weighted by molar-refractivity contribution is 5.83. The van der Waals surface area contributed by atoms with E-state index in [1.165, 1.54) is 7.11 Å². The first-order valence-electron chi connectivity index (χ1n) is 6.14. The molecule has 6 heteroatoms. The molecule has 3 N–H and O–H groups in total. The van der Waals surface area contributed by atoms with Crippen LogP contribution in [0.25, 0.3) is 0 Å². The zero-order chi connectivity index (χ0) is 13.9. The summed E-state index contributed by atoms with van der Waals surface area (Å²) < 4.78 is 4.53. The Morgan fingerprint density at radius 1 is 1.44 bits per heavy atom. The van der Waals surface area contributed by atoms with Gasteiger partial charge in [-0.2, -0.15) is 0 Å². The van der Waals surface area contributed by atoms with E-state index in [1.54, 1.807) is 4.90 Å². The van der Waals surface area contributed by atoms with Crippen LogP contribution in [-0.2, 0) is 9.53 Å². The molecule has 6 nitrogen and oxygen atoms in total. The number of nitrogens with zero attached hydrogens (tertiary/aromatic N) is 1. The summed E-state index contributed by atoms with van der Waals surface area (Å²) in [7, 11) is 1.32. The van der Waals surface area contributed by atoms with Gasteiger partial charge in [-0.15, -0.1) is 0 Å². The van der Waals surface area contributed by atoms with Crippen LogP contribution in [0.5, 0.6) is 0 Å². The maximum atomic E-state index is 12.1. The Morgan fingerprint density at radius 2 is 2.06 bits per heavy atom. The average molecular weight is 257 g/mol. The Hall–Kier alpha value is -1.30. The molecule has 2 unspecified atom stereocenters. The first-order valence-corrected chi connectivity index (χ1v) is 6.14. The Bertz CT molecular complexity index is 325. The molecule has 1 fully saturated rings. The standard InChI is InChI=1S/C12H23N3O3/c1-12(2,3)9(13)10(16)15-6-5-8(7-15)14-11(17)18-4/h8-9H,5-7,13H2,1-4H3,(H,14,17). The van der Waals surface area contributed by atoms with Gasteiger partial charge < -0.3 is 20.7 Å². The molecule has 1 aliphatic heterocycles. The number of hydrogen-bond donors (Lipinski definition) is 2. The van der Waals surface area contributed by atoms with Crippen molar-refractivity contribution in [2.24, 2.45) is 11.1 Å². The molecule has 0 aliphatic carbocycles. The summed E-state index contributed by atoms with van der Waals surface area (Å²) in [6.07, 6.45) is 0.270. The second-order valence-corrected chi connectivity index (χ2v) is 5.75. The van der Waals surface area contributed by atoms with E-state index < -0.39 is 12.1 Å². The fraction of sp³-hybridized carbons (Fsp3) is 0.833. The SMILES string of the molecule is COC(=O)NC1CCN(C(=O)C(N)C(C)(C)C)C1. The molecule has 0 saturated carbocycles. The van der Waals surface area contributed by atoms with Crippen LogP contribution in [-0.4, -0.2) is 49.2 Å². The first-order chi connectivity index (χ1) is 8.25. The minimum absolute atomic E-state index is 0.0476. The molecule has 0 bridgehead atoms. The van der Waals surface area contributed by atoms with Gasteiger partial charge in [0, 0.05) is 13.1 Å². The topological polar surface area (TPSA) is 84.7 Å². The van der Waals surface area contributed by atoms with Gasteiger partial charge in [0.2, 0.25) is 5.91 Å². The number of carbonyl (C=O) groups is 2. The number of hydrogen-bond acceptors (Lipinski definition) is 4. The predicted octanol–water partition coefficient (Wildman–Crippen LogP) is 0.317. The van der Waals surface area contributed by atoms with Crippen molar-refractivity contribution in [3.8, 4) is 0 Å². The van der Waals surface area contributed by atoms with Crippen LogP contribution in [0.4, 0.5) is 4.79 Å². The van der Waals surface area contributed by atoms with E-state index in [4.69, 9.17) is 5.73 Å². The van der Waals surface area contributed by atoms with Crippen LogP contribution >= 0.6 is 0 Å². The van der Waals surface area contributed by atoms with Crippen molar-refractivity contribution in [1.82, 2.24) is 10.2 Å². The summed E-state index contributed by atoms with van der Waals surface area (Å²) in [5.41, 5.74) is 5.68. The molecule has 1 rings (SSSR count). The lowest BCUT2D eigenvalue weighted by molar-refractivity contribution is -0.133. The van der Waals surface area contributed by atoms with Crippen LogP contribution in [0.15, 0.2) is 0 Å². The van der Waals surface area contributed by atoms with E-state index in [0.717, 1.165) is 6.42 Å². The van der Waals surface area contributed by atoms with Crippen molar-refractivity contribution >= 4 is 12.0 Å². The molecule has 1 saturated heterocycles. The summed E-state index contributed by atoms with van der Waals surface area (Å²) in [4.78, 5) is 24.9. The summed E-state index contributed by atoms with van der Waals surface area (Å²) in [5.74, 6) is -0.0586. The number of amides is 2. The average Bonchev–Trinajstić information content (AvgIpc) is 2.74. The summed E-state index contributed by atoms with van der Waals surface area (Å²) in [6.45, 7) is 6.94. The number of rotatable bonds is 2. The molecule has 0 aromatic carbocycles. The zero-order valence-corrected chi connectivity index (χ0v) is 11.5. The molecular formula is C12H23N3O3. The smallest absolute Gasteiger partial charge is 0.407 e. The van der Waals surface area contributed by atoms with Gasteiger partial charge in [0.05, 0.1) is 19.2 Å². The Balaban J connectivity index is 2.51. The molecule has 1 heterocycles. The van der Waals surface area contributed by atoms with Gasteiger partial charge in [0.15, 0.2) is 0 Å². The van der Waals surface area contributed by atoms with Crippen LogP contribution in [0.1, 0.15) is 27.2 Å². The third-order valence-electron chi connectivity index (χ3n) is 3.21. The fourth-order valence-corrected chi connectivity index (χ4v) is 1.87. The Morgan fingerprint density at radius 3 is 2.56 bits per heavy atom. The summed E-state index contributed by atoms with van der Waals surface area (Å²) in [6, 6.07) is -0.567. The van der Waals surface area contributed by atoms with E-state index in [0.29, 0.717) is 13.1 Å². The van der Waals surface area contributed by atoms with E-state index in [-0.39, 0.29) is 17.4 Å². The Kier molecular flexibility index (Phi) is 4.56. The van der Waals surface area contributed by atoms with Gasteiger partial charge >= 0.3 is 6.09 Å². The molecule has 2 amide bonds. The number of ether oxygens (including phenoxy) is 1. The van der Waals surface area contributed by atoms with Gasteiger partial charge in [-0.3, -0.25) is 4.79 Å². The maximum Gasteiger partial charge on any atom is 0.407 e. The largest absolute Gasteiger partial charge is 0.453 e. The van der Waals surface area contributed by atoms with Crippen LogP contribution in [0.3, 0.4) is 0 Å². The molecule has 18 heavy (non-hydrogen) atoms. The molecule has 104 valence electrons. The number of likely N-dealkylation sites (tertiary alicyclic amines) is 1. The van der Waals surface area contributed by atoms with Crippen LogP contribution in [0, 0.1) is 5.41 Å². The van der Waals surface area contributed by atoms with E-state index in [9.17, 15) is 9.59 Å². The van der Waals surface area contributed by atoms with Crippen molar-refractivity contribution < 1.29 is 14.3 Å². The lowest BCUT2D eigenvalue weighted by Crippen LogP contribution is -2.50. The zero-order valence-electron chi connectivity index (χ0n) is 11.5. The summed E-state index contributed by atoms with van der Waals surface area (Å²) >= 11 is 0. The first kappa shape index (κ1) is 14.8. The van der Waals surface area contributed by atoms with Crippen LogP contribution in [0.2, 0.25) is 0 Å². The monoisotopic (exact) mass is 257 g/mol. The van der Waals surface area contributed by atoms with E-state index >= 15 is 0 Å². The van der Waals surface area contributed by atoms with Crippen molar-refractivity contribution in [2.75, 3.05) is 20.2 Å². The molecule has 0 spiro atoms. The molecule has 0 aromatic rings. The molecule has 0 aromatic heterocycles. The minimum atomic E-state index is -0.519. The lowest BCUT2D eigenvalue weighted by Gasteiger charge is -2.29. The second-order valence-electron chi connectivity index (χ2n) is 5.75. The fourth-order valence-electron chi connectivity index (χ4n) is 1.87. The van der Waals surface area contributed by atoms with Gasteiger partial charge in [0.1, 0.15) is 0 Å². The number of nitrogens with two attached hydrogens (primary N) is 1. The Labute approximate surface area is 108 Å². The lowest BCUT2D eigenvalue weighted by atomic mass is 9.86.